The fraction of sp³-hybridized carbons (Fsp3) is 0.500. The van der Waals surface area contributed by atoms with Crippen LogP contribution in [0, 0.1) is 0 Å². The van der Waals surface area contributed by atoms with Gasteiger partial charge in [-0.3, -0.25) is 0 Å². The number of nitrogens with zero attached hydrogens (tertiary/aromatic N) is 3. The lowest BCUT2D eigenvalue weighted by Gasteiger charge is -2.22. The van der Waals surface area contributed by atoms with E-state index in [-0.39, 0.29) is 6.04 Å². The number of hydrogen-bond donors (Lipinski definition) is 1. The lowest BCUT2D eigenvalue weighted by Crippen LogP contribution is -2.39. The molecule has 6 heteroatoms. The highest BCUT2D eigenvalue weighted by Crippen LogP contribution is 2.10. The van der Waals surface area contributed by atoms with Crippen molar-refractivity contribution in [2.24, 2.45) is 0 Å². The number of hydrogen-bond acceptors (Lipinski definition) is 4. The van der Waals surface area contributed by atoms with Crippen molar-refractivity contribution in [3.8, 4) is 0 Å². The average Bonchev–Trinajstić information content (AvgIpc) is 2.70. The zero-order chi connectivity index (χ0) is 14.8. The molecule has 20 heavy (non-hydrogen) atoms. The van der Waals surface area contributed by atoms with Crippen molar-refractivity contribution >= 4 is 17.3 Å². The summed E-state index contributed by atoms with van der Waals surface area (Å²) >= 11 is 0. The number of fused-ring (bicyclic) bond motifs is 1. The number of ether oxygens (including phenoxy) is 1. The van der Waals surface area contributed by atoms with Crippen LogP contribution in [0.1, 0.15) is 27.7 Å². The number of imidazole rings is 1. The zero-order valence-corrected chi connectivity index (χ0v) is 12.3. The average molecular weight is 276 g/mol. The second-order valence-electron chi connectivity index (χ2n) is 5.79. The maximum absolute atomic E-state index is 11.7. The number of amides is 1. The van der Waals surface area contributed by atoms with Crippen LogP contribution in [0.3, 0.4) is 0 Å². The topological polar surface area (TPSA) is 69.0 Å². The highest BCUT2D eigenvalue weighted by atomic mass is 16.6. The van der Waals surface area contributed by atoms with E-state index in [1.165, 1.54) is 0 Å². The van der Waals surface area contributed by atoms with E-state index in [1.807, 2.05) is 44.4 Å². The van der Waals surface area contributed by atoms with Crippen LogP contribution in [0.25, 0.3) is 11.2 Å². The molecule has 0 fully saturated rings. The lowest BCUT2D eigenvalue weighted by molar-refractivity contribution is 0.0504. The minimum absolute atomic E-state index is 0.0672. The number of nitrogens with one attached hydrogen (secondary N) is 1. The fourth-order valence-corrected chi connectivity index (χ4v) is 1.89. The van der Waals surface area contributed by atoms with Crippen molar-refractivity contribution in [1.82, 2.24) is 19.9 Å². The summed E-state index contributed by atoms with van der Waals surface area (Å²) in [6.07, 6.45) is 3.03. The van der Waals surface area contributed by atoms with Crippen LogP contribution in [0.4, 0.5) is 4.79 Å². The smallest absolute Gasteiger partial charge is 0.407 e. The molecule has 0 bridgehead atoms. The van der Waals surface area contributed by atoms with E-state index in [9.17, 15) is 4.79 Å². The molecule has 0 aliphatic heterocycles. The maximum atomic E-state index is 11.7. The van der Waals surface area contributed by atoms with Crippen LogP contribution in [-0.2, 0) is 11.3 Å². The van der Waals surface area contributed by atoms with Gasteiger partial charge < -0.3 is 14.6 Å². The van der Waals surface area contributed by atoms with Crippen molar-refractivity contribution in [2.75, 3.05) is 0 Å². The molecule has 0 spiro atoms. The molecule has 1 atom stereocenters. The lowest BCUT2D eigenvalue weighted by atomic mass is 10.2. The SMILES string of the molecule is C[C@@H](Cn1cnc2ncccc21)NC(=O)OC(C)(C)C. The van der Waals surface area contributed by atoms with E-state index in [4.69, 9.17) is 4.74 Å². The van der Waals surface area contributed by atoms with Gasteiger partial charge in [0.25, 0.3) is 0 Å². The Kier molecular flexibility index (Phi) is 3.92. The fourth-order valence-electron chi connectivity index (χ4n) is 1.89. The van der Waals surface area contributed by atoms with Crippen molar-refractivity contribution in [1.29, 1.82) is 0 Å². The molecule has 2 heterocycles. The molecule has 1 amide bonds. The van der Waals surface area contributed by atoms with Crippen LogP contribution in [0.5, 0.6) is 0 Å². The number of rotatable bonds is 3. The van der Waals surface area contributed by atoms with E-state index in [2.05, 4.69) is 15.3 Å². The molecule has 0 aliphatic carbocycles. The Bertz CT molecular complexity index is 600. The summed E-state index contributed by atoms with van der Waals surface area (Å²) in [4.78, 5) is 20.1. The van der Waals surface area contributed by atoms with Crippen molar-refractivity contribution in [3.05, 3.63) is 24.7 Å². The largest absolute Gasteiger partial charge is 0.444 e. The van der Waals surface area contributed by atoms with Crippen LogP contribution < -0.4 is 5.32 Å². The molecule has 1 N–H and O–H groups in total. The van der Waals surface area contributed by atoms with Gasteiger partial charge in [-0.1, -0.05) is 0 Å². The van der Waals surface area contributed by atoms with E-state index in [1.54, 1.807) is 12.5 Å². The highest BCUT2D eigenvalue weighted by Gasteiger charge is 2.18. The Balaban J connectivity index is 1.98. The number of aromatic nitrogens is 3. The minimum atomic E-state index is -0.491. The van der Waals surface area contributed by atoms with E-state index < -0.39 is 11.7 Å². The molecule has 0 aromatic carbocycles. The van der Waals surface area contributed by atoms with E-state index >= 15 is 0 Å². The predicted molar refractivity (Wildman–Crippen MR) is 76.4 cm³/mol. The van der Waals surface area contributed by atoms with Crippen LogP contribution in [0.15, 0.2) is 24.7 Å². The summed E-state index contributed by atoms with van der Waals surface area (Å²) in [5, 5.41) is 2.81. The second kappa shape index (κ2) is 5.48. The van der Waals surface area contributed by atoms with Gasteiger partial charge in [0.1, 0.15) is 5.60 Å². The third-order valence-electron chi connectivity index (χ3n) is 2.63. The zero-order valence-electron chi connectivity index (χ0n) is 12.3. The summed E-state index contributed by atoms with van der Waals surface area (Å²) in [7, 11) is 0. The summed E-state index contributed by atoms with van der Waals surface area (Å²) in [6, 6.07) is 3.75. The van der Waals surface area contributed by atoms with E-state index in [0.717, 1.165) is 5.52 Å². The maximum Gasteiger partial charge on any atom is 0.407 e. The Morgan fingerprint density at radius 1 is 1.45 bits per heavy atom. The van der Waals surface area contributed by atoms with Gasteiger partial charge in [0, 0.05) is 18.8 Å². The minimum Gasteiger partial charge on any atom is -0.444 e. The Morgan fingerprint density at radius 3 is 2.90 bits per heavy atom. The molecule has 108 valence electrons. The first-order chi connectivity index (χ1) is 9.35. The summed E-state index contributed by atoms with van der Waals surface area (Å²) in [6.45, 7) is 8.05. The molecule has 0 saturated carbocycles. The van der Waals surface area contributed by atoms with Gasteiger partial charge in [-0.25, -0.2) is 14.8 Å². The van der Waals surface area contributed by atoms with Gasteiger partial charge >= 0.3 is 6.09 Å². The first kappa shape index (κ1) is 14.3. The van der Waals surface area contributed by atoms with Crippen molar-refractivity contribution in [3.63, 3.8) is 0 Å². The van der Waals surface area contributed by atoms with Crippen molar-refractivity contribution < 1.29 is 9.53 Å². The molecule has 2 aromatic heterocycles. The number of alkyl carbamates (subject to hydrolysis) is 1. The second-order valence-corrected chi connectivity index (χ2v) is 5.79. The number of carbonyl (C=O) groups is 1. The third-order valence-corrected chi connectivity index (χ3v) is 2.63. The Hall–Kier alpha value is -2.11. The van der Waals surface area contributed by atoms with Gasteiger partial charge in [-0.05, 0) is 39.8 Å². The number of pyridine rings is 1. The van der Waals surface area contributed by atoms with Gasteiger partial charge in [-0.2, -0.15) is 0 Å². The standard InChI is InChI=1S/C14H20N4O2/c1-10(17-13(19)20-14(2,3)4)8-18-9-16-12-11(18)6-5-7-15-12/h5-7,9-10H,8H2,1-4H3,(H,17,19)/t10-/m0/s1. The molecule has 0 aliphatic rings. The highest BCUT2D eigenvalue weighted by molar-refractivity contribution is 5.70. The molecule has 2 aromatic rings. The van der Waals surface area contributed by atoms with Gasteiger partial charge in [0.05, 0.1) is 11.8 Å². The van der Waals surface area contributed by atoms with Crippen LogP contribution >= 0.6 is 0 Å². The molecular formula is C14H20N4O2. The quantitative estimate of drug-likeness (QED) is 0.934. The van der Waals surface area contributed by atoms with Gasteiger partial charge in [-0.15, -0.1) is 0 Å². The molecular weight excluding hydrogens is 256 g/mol. The molecule has 2 rings (SSSR count). The predicted octanol–water partition coefficient (Wildman–Crippen LogP) is 2.34. The normalized spacial score (nSPS) is 13.2. The monoisotopic (exact) mass is 276 g/mol. The Morgan fingerprint density at radius 2 is 2.20 bits per heavy atom. The first-order valence-electron chi connectivity index (χ1n) is 6.60. The molecule has 0 radical (unpaired) electrons. The molecule has 6 nitrogen and oxygen atoms in total. The Labute approximate surface area is 118 Å². The molecule has 0 saturated heterocycles. The summed E-state index contributed by atoms with van der Waals surface area (Å²) < 4.78 is 7.19. The van der Waals surface area contributed by atoms with Crippen molar-refractivity contribution in [2.45, 2.75) is 45.9 Å². The van der Waals surface area contributed by atoms with Crippen LogP contribution in [-0.4, -0.2) is 32.3 Å². The number of carbonyl (C=O) groups excluding carboxylic acids is 1. The third kappa shape index (κ3) is 3.69. The van der Waals surface area contributed by atoms with Gasteiger partial charge in [0.2, 0.25) is 0 Å². The van der Waals surface area contributed by atoms with Crippen LogP contribution in [0.2, 0.25) is 0 Å². The summed E-state index contributed by atoms with van der Waals surface area (Å²) in [5.74, 6) is 0. The summed E-state index contributed by atoms with van der Waals surface area (Å²) in [5.41, 5.74) is 1.16. The first-order valence-corrected chi connectivity index (χ1v) is 6.60. The van der Waals surface area contributed by atoms with Gasteiger partial charge in [0.15, 0.2) is 5.65 Å². The van der Waals surface area contributed by atoms with E-state index in [0.29, 0.717) is 12.2 Å². The molecule has 0 unspecified atom stereocenters.